The fourth-order valence-corrected chi connectivity index (χ4v) is 2.51. The van der Waals surface area contributed by atoms with Gasteiger partial charge in [-0.3, -0.25) is 4.79 Å². The molecule has 1 fully saturated rings. The molecular formula is C12H12N4OS. The third-order valence-electron chi connectivity index (χ3n) is 2.78. The number of Topliss-reactive ketones (excluding diaryl/α,β-unsaturated/α-hetero) is 1. The molecule has 0 spiro atoms. The minimum Gasteiger partial charge on any atom is -0.293 e. The van der Waals surface area contributed by atoms with Crippen LogP contribution in [0.3, 0.4) is 0 Å². The normalized spacial score (nSPS) is 14.7. The summed E-state index contributed by atoms with van der Waals surface area (Å²) in [6, 6.07) is 9.73. The highest BCUT2D eigenvalue weighted by molar-refractivity contribution is 7.99. The molecule has 0 aliphatic heterocycles. The van der Waals surface area contributed by atoms with Gasteiger partial charge in [-0.2, -0.15) is 0 Å². The first kappa shape index (κ1) is 11.4. The molecule has 0 amide bonds. The van der Waals surface area contributed by atoms with Crippen LogP contribution in [-0.4, -0.2) is 31.7 Å². The summed E-state index contributed by atoms with van der Waals surface area (Å²) in [4.78, 5) is 11.9. The molecule has 6 heteroatoms. The SMILES string of the molecule is O=C(CSc1nnnn1C1CC1)c1ccccc1. The van der Waals surface area contributed by atoms with E-state index < -0.39 is 0 Å². The Balaban J connectivity index is 1.64. The maximum Gasteiger partial charge on any atom is 0.210 e. The number of rotatable bonds is 5. The summed E-state index contributed by atoms with van der Waals surface area (Å²) in [6.07, 6.45) is 2.26. The average molecular weight is 260 g/mol. The maximum absolute atomic E-state index is 11.9. The van der Waals surface area contributed by atoms with Crippen molar-refractivity contribution in [3.8, 4) is 0 Å². The monoisotopic (exact) mass is 260 g/mol. The molecule has 92 valence electrons. The second-order valence-electron chi connectivity index (χ2n) is 4.22. The van der Waals surface area contributed by atoms with Crippen molar-refractivity contribution in [1.82, 2.24) is 20.2 Å². The van der Waals surface area contributed by atoms with Gasteiger partial charge in [0, 0.05) is 5.56 Å². The molecule has 0 atom stereocenters. The number of nitrogens with zero attached hydrogens (tertiary/aromatic N) is 4. The summed E-state index contributed by atoms with van der Waals surface area (Å²) in [5.74, 6) is 0.475. The largest absolute Gasteiger partial charge is 0.293 e. The van der Waals surface area contributed by atoms with Gasteiger partial charge in [0.2, 0.25) is 5.16 Å². The lowest BCUT2D eigenvalue weighted by molar-refractivity contribution is 0.102. The lowest BCUT2D eigenvalue weighted by atomic mass is 10.2. The second-order valence-corrected chi connectivity index (χ2v) is 5.16. The molecule has 2 aromatic rings. The molecule has 1 saturated carbocycles. The minimum atomic E-state index is 0.103. The molecule has 1 aromatic carbocycles. The zero-order valence-electron chi connectivity index (χ0n) is 9.69. The maximum atomic E-state index is 11.9. The van der Waals surface area contributed by atoms with E-state index >= 15 is 0 Å². The lowest BCUT2D eigenvalue weighted by Gasteiger charge is -2.02. The van der Waals surface area contributed by atoms with Gasteiger partial charge < -0.3 is 0 Å². The van der Waals surface area contributed by atoms with Crippen LogP contribution in [0.25, 0.3) is 0 Å². The van der Waals surface area contributed by atoms with Gasteiger partial charge in [0.05, 0.1) is 11.8 Å². The van der Waals surface area contributed by atoms with Crippen molar-refractivity contribution < 1.29 is 4.79 Å². The molecule has 1 aliphatic rings. The highest BCUT2D eigenvalue weighted by atomic mass is 32.2. The van der Waals surface area contributed by atoms with E-state index in [1.165, 1.54) is 11.8 Å². The Labute approximate surface area is 109 Å². The molecule has 1 heterocycles. The van der Waals surface area contributed by atoms with Crippen LogP contribution in [0, 0.1) is 0 Å². The Kier molecular flexibility index (Phi) is 3.10. The van der Waals surface area contributed by atoms with E-state index in [1.807, 2.05) is 35.0 Å². The van der Waals surface area contributed by atoms with E-state index in [0.717, 1.165) is 23.6 Å². The molecule has 0 bridgehead atoms. The summed E-state index contributed by atoms with van der Waals surface area (Å²) < 4.78 is 1.82. The fourth-order valence-electron chi connectivity index (χ4n) is 1.67. The first-order valence-electron chi connectivity index (χ1n) is 5.83. The van der Waals surface area contributed by atoms with Crippen molar-refractivity contribution >= 4 is 17.5 Å². The summed E-state index contributed by atoms with van der Waals surface area (Å²) in [7, 11) is 0. The Morgan fingerprint density at radius 2 is 2.11 bits per heavy atom. The number of hydrogen-bond donors (Lipinski definition) is 0. The highest BCUT2D eigenvalue weighted by Crippen LogP contribution is 2.36. The predicted octanol–water partition coefficient (Wildman–Crippen LogP) is 1.98. The van der Waals surface area contributed by atoms with Crippen molar-refractivity contribution in [2.45, 2.75) is 24.0 Å². The van der Waals surface area contributed by atoms with Gasteiger partial charge in [0.15, 0.2) is 5.78 Å². The molecule has 3 rings (SSSR count). The number of thioether (sulfide) groups is 1. The fraction of sp³-hybridized carbons (Fsp3) is 0.333. The molecule has 18 heavy (non-hydrogen) atoms. The standard InChI is InChI=1S/C12H12N4OS/c17-11(9-4-2-1-3-5-9)8-18-12-13-14-15-16(12)10-6-7-10/h1-5,10H,6-8H2. The third-order valence-corrected chi connectivity index (χ3v) is 3.72. The molecule has 1 aliphatic carbocycles. The number of aromatic nitrogens is 4. The Morgan fingerprint density at radius 1 is 1.33 bits per heavy atom. The summed E-state index contributed by atoms with van der Waals surface area (Å²) in [6.45, 7) is 0. The lowest BCUT2D eigenvalue weighted by Crippen LogP contribution is -2.04. The summed E-state index contributed by atoms with van der Waals surface area (Å²) in [5, 5.41) is 12.3. The van der Waals surface area contributed by atoms with E-state index in [-0.39, 0.29) is 5.78 Å². The summed E-state index contributed by atoms with van der Waals surface area (Å²) in [5.41, 5.74) is 0.732. The van der Waals surface area contributed by atoms with Crippen molar-refractivity contribution in [3.63, 3.8) is 0 Å². The Hall–Kier alpha value is -1.69. The number of carbonyl (C=O) groups is 1. The van der Waals surface area contributed by atoms with Gasteiger partial charge >= 0.3 is 0 Å². The van der Waals surface area contributed by atoms with Crippen LogP contribution in [0.1, 0.15) is 29.2 Å². The number of benzene rings is 1. The molecule has 5 nitrogen and oxygen atoms in total. The quantitative estimate of drug-likeness (QED) is 0.607. The van der Waals surface area contributed by atoms with E-state index in [0.29, 0.717) is 11.8 Å². The van der Waals surface area contributed by atoms with Crippen molar-refractivity contribution in [2.24, 2.45) is 0 Å². The number of carbonyl (C=O) groups excluding carboxylic acids is 1. The van der Waals surface area contributed by atoms with Gasteiger partial charge in [0.25, 0.3) is 0 Å². The minimum absolute atomic E-state index is 0.103. The molecule has 0 saturated heterocycles. The zero-order valence-corrected chi connectivity index (χ0v) is 10.5. The van der Waals surface area contributed by atoms with Gasteiger partial charge in [-0.15, -0.1) is 5.10 Å². The first-order chi connectivity index (χ1) is 8.84. The van der Waals surface area contributed by atoms with Gasteiger partial charge in [-0.1, -0.05) is 42.1 Å². The first-order valence-corrected chi connectivity index (χ1v) is 6.82. The third kappa shape index (κ3) is 2.43. The van der Waals surface area contributed by atoms with Crippen LogP contribution < -0.4 is 0 Å². The smallest absolute Gasteiger partial charge is 0.210 e. The molecule has 1 aromatic heterocycles. The van der Waals surface area contributed by atoms with E-state index in [1.54, 1.807) is 0 Å². The molecule has 0 N–H and O–H groups in total. The van der Waals surface area contributed by atoms with Crippen LogP contribution in [-0.2, 0) is 0 Å². The number of ketones is 1. The summed E-state index contributed by atoms with van der Waals surface area (Å²) >= 11 is 1.40. The van der Waals surface area contributed by atoms with E-state index in [9.17, 15) is 4.79 Å². The van der Waals surface area contributed by atoms with Crippen LogP contribution >= 0.6 is 11.8 Å². The molecule has 0 radical (unpaired) electrons. The van der Waals surface area contributed by atoms with E-state index in [2.05, 4.69) is 15.5 Å². The topological polar surface area (TPSA) is 60.7 Å². The van der Waals surface area contributed by atoms with E-state index in [4.69, 9.17) is 0 Å². The van der Waals surface area contributed by atoms with Crippen LogP contribution in [0.4, 0.5) is 0 Å². The average Bonchev–Trinajstić information content (AvgIpc) is 3.16. The molecule has 0 unspecified atom stereocenters. The van der Waals surface area contributed by atoms with Crippen LogP contribution in [0.2, 0.25) is 0 Å². The Morgan fingerprint density at radius 3 is 2.83 bits per heavy atom. The zero-order chi connectivity index (χ0) is 12.4. The van der Waals surface area contributed by atoms with Gasteiger partial charge in [-0.05, 0) is 23.3 Å². The van der Waals surface area contributed by atoms with Crippen molar-refractivity contribution in [3.05, 3.63) is 35.9 Å². The predicted molar refractivity (Wildman–Crippen MR) is 67.6 cm³/mol. The van der Waals surface area contributed by atoms with Crippen molar-refractivity contribution in [2.75, 3.05) is 5.75 Å². The number of tetrazole rings is 1. The van der Waals surface area contributed by atoms with Crippen molar-refractivity contribution in [1.29, 1.82) is 0 Å². The Bertz CT molecular complexity index is 550. The van der Waals surface area contributed by atoms with Gasteiger partial charge in [0.1, 0.15) is 0 Å². The van der Waals surface area contributed by atoms with Gasteiger partial charge in [-0.25, -0.2) is 4.68 Å². The highest BCUT2D eigenvalue weighted by Gasteiger charge is 2.28. The second kappa shape index (κ2) is 4.89. The van der Waals surface area contributed by atoms with Crippen LogP contribution in [0.15, 0.2) is 35.5 Å². The number of hydrogen-bond acceptors (Lipinski definition) is 5. The molecular weight excluding hydrogens is 248 g/mol. The van der Waals surface area contributed by atoms with Crippen LogP contribution in [0.5, 0.6) is 0 Å².